The molecule has 1 aliphatic rings. The lowest BCUT2D eigenvalue weighted by Gasteiger charge is -2.31. The number of piperidine rings is 1. The Hall–Kier alpha value is -1.64. The van der Waals surface area contributed by atoms with Gasteiger partial charge in [0.25, 0.3) is 0 Å². The Morgan fingerprint density at radius 1 is 1.35 bits per heavy atom. The third-order valence-corrected chi connectivity index (χ3v) is 5.91. The smallest absolute Gasteiger partial charge is 0.339 e. The van der Waals surface area contributed by atoms with Crippen molar-refractivity contribution >= 4 is 33.6 Å². The van der Waals surface area contributed by atoms with Crippen LogP contribution in [0.25, 0.3) is 0 Å². The van der Waals surface area contributed by atoms with E-state index in [1.807, 2.05) is 0 Å². The Morgan fingerprint density at radius 3 is 2.61 bits per heavy atom. The standard InChI is InChI=1S/C14H16ClNO6S/c1-22-14(19)10-6-5-9(8-11(10)15)23(20,21)16-7-3-2-4-12(16)13(17)18/h5-6,8,12H,2-4,7H2,1H3,(H,17,18). The highest BCUT2D eigenvalue weighted by molar-refractivity contribution is 7.89. The zero-order valence-corrected chi connectivity index (χ0v) is 13.9. The van der Waals surface area contributed by atoms with Crippen molar-refractivity contribution in [3.05, 3.63) is 28.8 Å². The summed E-state index contributed by atoms with van der Waals surface area (Å²) in [6.45, 7) is 0.135. The lowest BCUT2D eigenvalue weighted by atomic mass is 10.1. The van der Waals surface area contributed by atoms with Gasteiger partial charge in [-0.15, -0.1) is 0 Å². The Morgan fingerprint density at radius 2 is 2.04 bits per heavy atom. The zero-order chi connectivity index (χ0) is 17.2. The molecule has 1 aromatic carbocycles. The molecule has 1 aliphatic heterocycles. The van der Waals surface area contributed by atoms with Crippen LogP contribution in [0.4, 0.5) is 0 Å². The van der Waals surface area contributed by atoms with Crippen molar-refractivity contribution in [2.45, 2.75) is 30.2 Å². The minimum absolute atomic E-state index is 0.0431. The molecule has 0 aromatic heterocycles. The van der Waals surface area contributed by atoms with Crippen LogP contribution in [0.2, 0.25) is 5.02 Å². The largest absolute Gasteiger partial charge is 0.480 e. The second-order valence-corrected chi connectivity index (χ2v) is 7.40. The maximum Gasteiger partial charge on any atom is 0.339 e. The maximum atomic E-state index is 12.7. The van der Waals surface area contributed by atoms with Crippen LogP contribution in [-0.2, 0) is 19.6 Å². The van der Waals surface area contributed by atoms with Gasteiger partial charge in [0.1, 0.15) is 6.04 Å². The third kappa shape index (κ3) is 3.49. The number of esters is 1. The number of hydrogen-bond acceptors (Lipinski definition) is 5. The number of rotatable bonds is 4. The first kappa shape index (κ1) is 17.7. The van der Waals surface area contributed by atoms with Gasteiger partial charge in [-0.05, 0) is 37.5 Å². The molecule has 0 saturated carbocycles. The quantitative estimate of drug-likeness (QED) is 0.820. The highest BCUT2D eigenvalue weighted by Gasteiger charge is 2.37. The first-order chi connectivity index (χ1) is 10.8. The lowest BCUT2D eigenvalue weighted by molar-refractivity contribution is -0.142. The fourth-order valence-electron chi connectivity index (χ4n) is 2.51. The molecule has 0 bridgehead atoms. The molecule has 0 amide bonds. The summed E-state index contributed by atoms with van der Waals surface area (Å²) in [5.74, 6) is -1.86. The van der Waals surface area contributed by atoms with Gasteiger partial charge >= 0.3 is 11.9 Å². The molecule has 1 atom stereocenters. The fraction of sp³-hybridized carbons (Fsp3) is 0.429. The molecule has 1 heterocycles. The van der Waals surface area contributed by atoms with Gasteiger partial charge in [0, 0.05) is 6.54 Å². The van der Waals surface area contributed by atoms with Crippen LogP contribution in [0, 0.1) is 0 Å². The van der Waals surface area contributed by atoms with E-state index < -0.39 is 28.0 Å². The molecule has 23 heavy (non-hydrogen) atoms. The van der Waals surface area contributed by atoms with Crippen LogP contribution in [0.1, 0.15) is 29.6 Å². The van der Waals surface area contributed by atoms with E-state index in [1.54, 1.807) is 0 Å². The second-order valence-electron chi connectivity index (χ2n) is 5.10. The lowest BCUT2D eigenvalue weighted by Crippen LogP contribution is -2.47. The summed E-state index contributed by atoms with van der Waals surface area (Å²) in [7, 11) is -2.82. The number of ether oxygens (including phenoxy) is 1. The molecule has 126 valence electrons. The topological polar surface area (TPSA) is 101 Å². The number of nitrogens with zero attached hydrogens (tertiary/aromatic N) is 1. The van der Waals surface area contributed by atoms with Crippen molar-refractivity contribution in [3.63, 3.8) is 0 Å². The summed E-state index contributed by atoms with van der Waals surface area (Å²) in [5, 5.41) is 9.16. The first-order valence-electron chi connectivity index (χ1n) is 6.91. The molecular weight excluding hydrogens is 346 g/mol. The zero-order valence-electron chi connectivity index (χ0n) is 12.4. The number of carboxylic acids is 1. The van der Waals surface area contributed by atoms with E-state index in [2.05, 4.69) is 4.74 Å². The number of hydrogen-bond donors (Lipinski definition) is 1. The summed E-state index contributed by atoms with van der Waals surface area (Å²) < 4.78 is 30.9. The van der Waals surface area contributed by atoms with Gasteiger partial charge in [-0.2, -0.15) is 4.31 Å². The number of carbonyl (C=O) groups excluding carboxylic acids is 1. The van der Waals surface area contributed by atoms with E-state index in [4.69, 9.17) is 11.6 Å². The van der Waals surface area contributed by atoms with Gasteiger partial charge in [-0.1, -0.05) is 11.6 Å². The van der Waals surface area contributed by atoms with Crippen LogP contribution < -0.4 is 0 Å². The van der Waals surface area contributed by atoms with Crippen LogP contribution in [0.15, 0.2) is 23.1 Å². The minimum atomic E-state index is -4.01. The second kappa shape index (κ2) is 6.86. The van der Waals surface area contributed by atoms with E-state index in [0.717, 1.165) is 10.4 Å². The number of methoxy groups -OCH3 is 1. The molecular formula is C14H16ClNO6S. The summed E-state index contributed by atoms with van der Waals surface area (Å²) >= 11 is 5.95. The van der Waals surface area contributed by atoms with E-state index in [9.17, 15) is 23.1 Å². The van der Waals surface area contributed by atoms with Crippen molar-refractivity contribution in [2.24, 2.45) is 0 Å². The highest BCUT2D eigenvalue weighted by Crippen LogP contribution is 2.28. The summed E-state index contributed by atoms with van der Waals surface area (Å²) in [4.78, 5) is 22.6. The molecule has 0 spiro atoms. The summed E-state index contributed by atoms with van der Waals surface area (Å²) in [5.41, 5.74) is 0.0431. The van der Waals surface area contributed by atoms with Gasteiger partial charge in [-0.25, -0.2) is 13.2 Å². The van der Waals surface area contributed by atoms with Crippen molar-refractivity contribution in [1.82, 2.24) is 4.31 Å². The van der Waals surface area contributed by atoms with E-state index in [-0.39, 0.29) is 28.4 Å². The van der Waals surface area contributed by atoms with Crippen LogP contribution in [0.3, 0.4) is 0 Å². The average Bonchev–Trinajstić information content (AvgIpc) is 2.53. The first-order valence-corrected chi connectivity index (χ1v) is 8.73. The predicted molar refractivity (Wildman–Crippen MR) is 82.0 cm³/mol. The molecule has 0 radical (unpaired) electrons. The van der Waals surface area contributed by atoms with Gasteiger partial charge in [0.05, 0.1) is 22.6 Å². The summed E-state index contributed by atoms with van der Waals surface area (Å²) in [6, 6.07) is 2.52. The van der Waals surface area contributed by atoms with Gasteiger partial charge in [-0.3, -0.25) is 4.79 Å². The van der Waals surface area contributed by atoms with Crippen molar-refractivity contribution in [1.29, 1.82) is 0 Å². The molecule has 1 aromatic rings. The fourth-order valence-corrected chi connectivity index (χ4v) is 4.51. The van der Waals surface area contributed by atoms with Crippen molar-refractivity contribution in [3.8, 4) is 0 Å². The Bertz CT molecular complexity index is 733. The van der Waals surface area contributed by atoms with Gasteiger partial charge < -0.3 is 9.84 Å². The molecule has 7 nitrogen and oxygen atoms in total. The summed E-state index contributed by atoms with van der Waals surface area (Å²) in [6.07, 6.45) is 1.52. The number of benzene rings is 1. The van der Waals surface area contributed by atoms with Gasteiger partial charge in [0.15, 0.2) is 0 Å². The van der Waals surface area contributed by atoms with Crippen LogP contribution in [-0.4, -0.2) is 49.5 Å². The molecule has 9 heteroatoms. The third-order valence-electron chi connectivity index (χ3n) is 3.69. The van der Waals surface area contributed by atoms with Gasteiger partial charge in [0.2, 0.25) is 10.0 Å². The number of carboxylic acid groups (broad SMARTS) is 1. The number of halogens is 1. The van der Waals surface area contributed by atoms with Crippen LogP contribution in [0.5, 0.6) is 0 Å². The Labute approximate surface area is 138 Å². The monoisotopic (exact) mass is 361 g/mol. The number of aliphatic carboxylic acids is 1. The van der Waals surface area contributed by atoms with E-state index >= 15 is 0 Å². The molecule has 1 saturated heterocycles. The van der Waals surface area contributed by atoms with Crippen LogP contribution >= 0.6 is 11.6 Å². The Kier molecular flexibility index (Phi) is 5.28. The number of sulfonamides is 1. The maximum absolute atomic E-state index is 12.7. The SMILES string of the molecule is COC(=O)c1ccc(S(=O)(=O)N2CCCCC2C(=O)O)cc1Cl. The molecule has 1 fully saturated rings. The number of carbonyl (C=O) groups is 2. The van der Waals surface area contributed by atoms with Crippen molar-refractivity contribution < 1.29 is 27.9 Å². The molecule has 1 unspecified atom stereocenters. The van der Waals surface area contributed by atoms with Crippen molar-refractivity contribution in [2.75, 3.05) is 13.7 Å². The normalized spacial score (nSPS) is 19.3. The van der Waals surface area contributed by atoms with E-state index in [0.29, 0.717) is 12.8 Å². The highest BCUT2D eigenvalue weighted by atomic mass is 35.5. The molecule has 2 rings (SSSR count). The molecule has 0 aliphatic carbocycles. The average molecular weight is 362 g/mol. The predicted octanol–water partition coefficient (Wildman–Crippen LogP) is 1.75. The minimum Gasteiger partial charge on any atom is -0.480 e. The molecule has 1 N–H and O–H groups in total. The van der Waals surface area contributed by atoms with E-state index in [1.165, 1.54) is 19.2 Å². The Balaban J connectivity index is 2.41.